The second-order valence-corrected chi connectivity index (χ2v) is 6.47. The molecule has 0 spiro atoms. The van der Waals surface area contributed by atoms with Crippen molar-refractivity contribution in [3.8, 4) is 11.5 Å². The monoisotopic (exact) mass is 370 g/mol. The maximum atomic E-state index is 6.04. The van der Waals surface area contributed by atoms with Crippen molar-refractivity contribution in [2.45, 2.75) is 27.1 Å². The summed E-state index contributed by atoms with van der Waals surface area (Å²) in [5, 5.41) is 0. The van der Waals surface area contributed by atoms with Gasteiger partial charge in [0.05, 0.1) is 0 Å². The Kier molecular flexibility index (Phi) is 7.08. The van der Waals surface area contributed by atoms with E-state index in [4.69, 9.17) is 9.47 Å². The summed E-state index contributed by atoms with van der Waals surface area (Å²) >= 11 is 0. The van der Waals surface area contributed by atoms with E-state index in [0.717, 1.165) is 33.8 Å². The van der Waals surface area contributed by atoms with Crippen molar-refractivity contribution < 1.29 is 9.47 Å². The largest absolute Gasteiger partial charge is 0.488 e. The number of hydrogen-bond donors (Lipinski definition) is 0. The van der Waals surface area contributed by atoms with Crippen molar-refractivity contribution in [1.29, 1.82) is 0 Å². The van der Waals surface area contributed by atoms with Gasteiger partial charge in [0.1, 0.15) is 24.7 Å². The lowest BCUT2D eigenvalue weighted by Crippen LogP contribution is -2.00. The average Bonchev–Trinajstić information content (AvgIpc) is 2.73. The van der Waals surface area contributed by atoms with Crippen LogP contribution in [-0.2, 0) is 13.2 Å². The highest BCUT2D eigenvalue weighted by molar-refractivity contribution is 5.57. The Hall–Kier alpha value is -3.26. The molecule has 0 atom stereocenters. The molecule has 0 radical (unpaired) electrons. The summed E-state index contributed by atoms with van der Waals surface area (Å²) in [5.74, 6) is 1.78. The van der Waals surface area contributed by atoms with E-state index in [1.165, 1.54) is 0 Å². The van der Waals surface area contributed by atoms with Crippen LogP contribution in [0.3, 0.4) is 0 Å². The third-order valence-electron chi connectivity index (χ3n) is 4.31. The lowest BCUT2D eigenvalue weighted by Gasteiger charge is -2.12. The first-order chi connectivity index (χ1) is 13.8. The molecule has 3 aromatic carbocycles. The van der Waals surface area contributed by atoms with Crippen LogP contribution in [-0.4, -0.2) is 0 Å². The van der Waals surface area contributed by atoms with Crippen molar-refractivity contribution in [2.75, 3.05) is 0 Å². The van der Waals surface area contributed by atoms with Gasteiger partial charge in [0.2, 0.25) is 0 Å². The van der Waals surface area contributed by atoms with Gasteiger partial charge < -0.3 is 9.47 Å². The predicted octanol–water partition coefficient (Wildman–Crippen LogP) is 6.91. The van der Waals surface area contributed by atoms with Crippen LogP contribution in [0.4, 0.5) is 0 Å². The Morgan fingerprint density at radius 2 is 1.07 bits per heavy atom. The van der Waals surface area contributed by atoms with Gasteiger partial charge in [-0.15, -0.1) is 0 Å². The normalized spacial score (nSPS) is 11.2. The molecule has 3 rings (SSSR count). The minimum Gasteiger partial charge on any atom is -0.488 e. The predicted molar refractivity (Wildman–Crippen MR) is 117 cm³/mol. The number of hydrogen-bond acceptors (Lipinski definition) is 2. The van der Waals surface area contributed by atoms with Crippen molar-refractivity contribution in [2.24, 2.45) is 0 Å². The molecule has 0 fully saturated rings. The van der Waals surface area contributed by atoms with Crippen molar-refractivity contribution in [1.82, 2.24) is 0 Å². The zero-order chi connectivity index (χ0) is 19.6. The summed E-state index contributed by atoms with van der Waals surface area (Å²) in [5.41, 5.74) is 4.42. The van der Waals surface area contributed by atoms with Gasteiger partial charge in [0, 0.05) is 11.1 Å². The fraction of sp³-hybridized carbons (Fsp3) is 0.154. The van der Waals surface area contributed by atoms with Crippen LogP contribution in [0.25, 0.3) is 12.2 Å². The van der Waals surface area contributed by atoms with Crippen LogP contribution in [0.15, 0.2) is 84.9 Å². The van der Waals surface area contributed by atoms with Crippen LogP contribution in [0.2, 0.25) is 0 Å². The van der Waals surface area contributed by atoms with Crippen LogP contribution >= 0.6 is 0 Å². The minimum atomic E-state index is 0.525. The van der Waals surface area contributed by atoms with Crippen molar-refractivity contribution in [3.63, 3.8) is 0 Å². The van der Waals surface area contributed by atoms with Crippen LogP contribution in [0.1, 0.15) is 36.1 Å². The maximum Gasteiger partial charge on any atom is 0.127 e. The lowest BCUT2D eigenvalue weighted by atomic mass is 10.1. The zero-order valence-corrected chi connectivity index (χ0v) is 16.5. The highest BCUT2D eigenvalue weighted by Crippen LogP contribution is 2.22. The minimum absolute atomic E-state index is 0.525. The molecule has 0 heterocycles. The second kappa shape index (κ2) is 10.2. The molecule has 0 aliphatic rings. The lowest BCUT2D eigenvalue weighted by molar-refractivity contribution is 0.299. The summed E-state index contributed by atoms with van der Waals surface area (Å²) in [6.07, 6.45) is 8.15. The molecular formula is C26H26O2. The second-order valence-electron chi connectivity index (χ2n) is 6.47. The Labute approximate surface area is 167 Å². The SMILES string of the molecule is CC=Cc1ccccc1OCc1cccc(COc2ccccc2C=CC)c1. The summed E-state index contributed by atoms with van der Waals surface area (Å²) < 4.78 is 12.1. The maximum absolute atomic E-state index is 6.04. The molecule has 2 nitrogen and oxygen atoms in total. The first-order valence-electron chi connectivity index (χ1n) is 9.57. The third kappa shape index (κ3) is 5.37. The van der Waals surface area contributed by atoms with E-state index in [2.05, 4.69) is 42.5 Å². The number of para-hydroxylation sites is 2. The van der Waals surface area contributed by atoms with E-state index >= 15 is 0 Å². The Balaban J connectivity index is 1.65. The van der Waals surface area contributed by atoms with E-state index in [0.29, 0.717) is 13.2 Å². The Bertz CT molecular complexity index is 879. The molecule has 0 aliphatic carbocycles. The summed E-state index contributed by atoms with van der Waals surface area (Å²) in [7, 11) is 0. The molecule has 0 aliphatic heterocycles. The molecule has 0 bridgehead atoms. The molecule has 142 valence electrons. The first kappa shape index (κ1) is 19.5. The molecule has 0 unspecified atom stereocenters. The quantitative estimate of drug-likeness (QED) is 0.429. The fourth-order valence-corrected chi connectivity index (χ4v) is 2.99. The number of ether oxygens (including phenoxy) is 2. The Morgan fingerprint density at radius 1 is 0.607 bits per heavy atom. The molecule has 28 heavy (non-hydrogen) atoms. The van der Waals surface area contributed by atoms with Gasteiger partial charge in [-0.2, -0.15) is 0 Å². The molecule has 0 saturated heterocycles. The van der Waals surface area contributed by atoms with Crippen molar-refractivity contribution >= 4 is 12.2 Å². The molecule has 2 heteroatoms. The number of benzene rings is 3. The zero-order valence-electron chi connectivity index (χ0n) is 16.5. The average molecular weight is 370 g/mol. The van der Waals surface area contributed by atoms with E-state index in [1.807, 2.05) is 68.5 Å². The molecule has 3 aromatic rings. The van der Waals surface area contributed by atoms with Crippen molar-refractivity contribution in [3.05, 3.63) is 107 Å². The van der Waals surface area contributed by atoms with Crippen LogP contribution in [0.5, 0.6) is 11.5 Å². The van der Waals surface area contributed by atoms with E-state index in [-0.39, 0.29) is 0 Å². The van der Waals surface area contributed by atoms with Gasteiger partial charge >= 0.3 is 0 Å². The molecular weight excluding hydrogens is 344 g/mol. The van der Waals surface area contributed by atoms with Gasteiger partial charge in [-0.05, 0) is 43.2 Å². The number of rotatable bonds is 8. The van der Waals surface area contributed by atoms with Gasteiger partial charge in [0.25, 0.3) is 0 Å². The summed E-state index contributed by atoms with van der Waals surface area (Å²) in [4.78, 5) is 0. The van der Waals surface area contributed by atoms with Gasteiger partial charge in [-0.25, -0.2) is 0 Å². The summed E-state index contributed by atoms with van der Waals surface area (Å²) in [6.45, 7) is 5.07. The Morgan fingerprint density at radius 3 is 1.54 bits per heavy atom. The topological polar surface area (TPSA) is 18.5 Å². The van der Waals surface area contributed by atoms with E-state index < -0.39 is 0 Å². The molecule has 0 aromatic heterocycles. The molecule has 0 saturated carbocycles. The van der Waals surface area contributed by atoms with Crippen LogP contribution < -0.4 is 9.47 Å². The van der Waals surface area contributed by atoms with E-state index in [1.54, 1.807) is 0 Å². The van der Waals surface area contributed by atoms with Gasteiger partial charge in [0.15, 0.2) is 0 Å². The highest BCUT2D eigenvalue weighted by atomic mass is 16.5. The highest BCUT2D eigenvalue weighted by Gasteiger charge is 2.04. The fourth-order valence-electron chi connectivity index (χ4n) is 2.99. The standard InChI is InChI=1S/C26H26O2/c1-3-10-23-14-5-7-16-25(23)27-19-21-12-9-13-22(18-21)20-28-26-17-8-6-15-24(26)11-4-2/h3-18H,19-20H2,1-2H3. The summed E-state index contributed by atoms with van der Waals surface area (Å²) in [6, 6.07) is 24.5. The molecule has 0 N–H and O–H groups in total. The van der Waals surface area contributed by atoms with E-state index in [9.17, 15) is 0 Å². The molecule has 0 amide bonds. The third-order valence-corrected chi connectivity index (χ3v) is 4.31. The first-order valence-corrected chi connectivity index (χ1v) is 9.57. The van der Waals surface area contributed by atoms with Gasteiger partial charge in [-0.1, -0.05) is 78.9 Å². The van der Waals surface area contributed by atoms with Gasteiger partial charge in [-0.3, -0.25) is 0 Å². The smallest absolute Gasteiger partial charge is 0.127 e. The van der Waals surface area contributed by atoms with Crippen LogP contribution in [0, 0.1) is 0 Å². The number of allylic oxidation sites excluding steroid dienone is 2.